The molecule has 1 atom stereocenters. The molecule has 1 heterocycles. The van der Waals surface area contributed by atoms with Crippen molar-refractivity contribution in [2.75, 3.05) is 0 Å². The zero-order valence-electron chi connectivity index (χ0n) is 17.6. The van der Waals surface area contributed by atoms with Crippen molar-refractivity contribution in [3.05, 3.63) is 83.9 Å². The molecular weight excluding hydrogens is 388 g/mol. The van der Waals surface area contributed by atoms with E-state index in [4.69, 9.17) is 20.0 Å². The van der Waals surface area contributed by atoms with E-state index in [1.54, 1.807) is 0 Å². The van der Waals surface area contributed by atoms with E-state index in [-0.39, 0.29) is 6.04 Å². The van der Waals surface area contributed by atoms with Crippen molar-refractivity contribution in [1.29, 1.82) is 0 Å². The Morgan fingerprint density at radius 1 is 0.935 bits per heavy atom. The molecule has 0 aromatic heterocycles. The van der Waals surface area contributed by atoms with Gasteiger partial charge in [0, 0.05) is 5.56 Å². The molecule has 0 amide bonds. The SMILES string of the molecule is CC(=NOc1cccc2c1C(N)c1ccccc1O2)C1(Oc2ccccc2)CCCC1. The highest BCUT2D eigenvalue weighted by molar-refractivity contribution is 5.90. The maximum absolute atomic E-state index is 6.58. The molecule has 0 radical (unpaired) electrons. The van der Waals surface area contributed by atoms with Gasteiger partial charge in [0.2, 0.25) is 0 Å². The Morgan fingerprint density at radius 3 is 2.45 bits per heavy atom. The summed E-state index contributed by atoms with van der Waals surface area (Å²) in [5.74, 6) is 2.93. The average Bonchev–Trinajstić information content (AvgIpc) is 3.28. The number of hydrogen-bond acceptors (Lipinski definition) is 5. The third kappa shape index (κ3) is 3.66. The largest absolute Gasteiger partial charge is 0.481 e. The molecule has 2 N–H and O–H groups in total. The fourth-order valence-electron chi connectivity index (χ4n) is 4.50. The fourth-order valence-corrected chi connectivity index (χ4v) is 4.50. The molecule has 5 nitrogen and oxygen atoms in total. The number of benzene rings is 3. The molecular formula is C26H26N2O3. The minimum absolute atomic E-state index is 0.340. The third-order valence-electron chi connectivity index (χ3n) is 6.22. The minimum atomic E-state index is -0.443. The van der Waals surface area contributed by atoms with Gasteiger partial charge in [-0.3, -0.25) is 0 Å². The first-order chi connectivity index (χ1) is 15.2. The maximum Gasteiger partial charge on any atom is 0.166 e. The van der Waals surface area contributed by atoms with Gasteiger partial charge in [-0.05, 0) is 62.9 Å². The first kappa shape index (κ1) is 19.6. The molecule has 0 saturated heterocycles. The highest BCUT2D eigenvalue weighted by Gasteiger charge is 2.40. The van der Waals surface area contributed by atoms with Crippen LogP contribution in [0.15, 0.2) is 78.0 Å². The van der Waals surface area contributed by atoms with Crippen LogP contribution in [0.4, 0.5) is 0 Å². The second kappa shape index (κ2) is 8.08. The zero-order chi connectivity index (χ0) is 21.3. The van der Waals surface area contributed by atoms with Crippen LogP contribution >= 0.6 is 0 Å². The molecule has 5 rings (SSSR count). The van der Waals surface area contributed by atoms with Crippen LogP contribution in [0.1, 0.15) is 49.8 Å². The lowest BCUT2D eigenvalue weighted by Gasteiger charge is -2.30. The molecule has 2 aliphatic rings. The molecule has 0 bridgehead atoms. The summed E-state index contributed by atoms with van der Waals surface area (Å²) in [5, 5.41) is 4.52. The molecule has 1 fully saturated rings. The summed E-state index contributed by atoms with van der Waals surface area (Å²) < 4.78 is 12.5. The first-order valence-electron chi connectivity index (χ1n) is 10.8. The van der Waals surface area contributed by atoms with Gasteiger partial charge in [0.05, 0.1) is 17.3 Å². The van der Waals surface area contributed by atoms with Crippen molar-refractivity contribution in [2.24, 2.45) is 10.9 Å². The first-order valence-corrected chi connectivity index (χ1v) is 10.8. The molecule has 31 heavy (non-hydrogen) atoms. The van der Waals surface area contributed by atoms with Gasteiger partial charge in [0.1, 0.15) is 22.8 Å². The Kier molecular flexibility index (Phi) is 5.12. The van der Waals surface area contributed by atoms with E-state index in [0.29, 0.717) is 11.5 Å². The van der Waals surface area contributed by atoms with Gasteiger partial charge in [-0.25, -0.2) is 0 Å². The molecule has 3 aromatic carbocycles. The van der Waals surface area contributed by atoms with E-state index >= 15 is 0 Å². The highest BCUT2D eigenvalue weighted by atomic mass is 16.6. The number of ether oxygens (including phenoxy) is 2. The van der Waals surface area contributed by atoms with Gasteiger partial charge in [-0.2, -0.15) is 0 Å². The standard InChI is InChI=1S/C26H26N2O3/c1-18(26(16-7-8-17-26)30-19-10-3-2-4-11-19)28-31-23-15-9-14-22-24(23)25(27)20-12-5-6-13-21(20)29-22/h2-6,9-15,25H,7-8,16-17,27H2,1H3. The molecule has 0 spiro atoms. The Labute approximate surface area is 182 Å². The van der Waals surface area contributed by atoms with E-state index in [9.17, 15) is 0 Å². The average molecular weight is 415 g/mol. The molecule has 158 valence electrons. The number of oxime groups is 1. The number of rotatable bonds is 5. The Hall–Kier alpha value is -3.31. The summed E-state index contributed by atoms with van der Waals surface area (Å²) >= 11 is 0. The Bertz CT molecular complexity index is 1100. The predicted octanol–water partition coefficient (Wildman–Crippen LogP) is 5.99. The summed E-state index contributed by atoms with van der Waals surface area (Å²) in [7, 11) is 0. The van der Waals surface area contributed by atoms with E-state index in [1.165, 1.54) is 0 Å². The summed E-state index contributed by atoms with van der Waals surface area (Å²) in [6.07, 6.45) is 4.05. The van der Waals surface area contributed by atoms with Gasteiger partial charge in [-0.15, -0.1) is 0 Å². The van der Waals surface area contributed by atoms with Crippen molar-refractivity contribution in [1.82, 2.24) is 0 Å². The van der Waals surface area contributed by atoms with Crippen molar-refractivity contribution in [3.8, 4) is 23.0 Å². The normalized spacial score (nSPS) is 19.2. The fraction of sp³-hybridized carbons (Fsp3) is 0.269. The quantitative estimate of drug-likeness (QED) is 0.411. The Morgan fingerprint density at radius 2 is 1.65 bits per heavy atom. The molecule has 3 aromatic rings. The van der Waals surface area contributed by atoms with Gasteiger partial charge in [-0.1, -0.05) is 47.6 Å². The van der Waals surface area contributed by atoms with Crippen LogP contribution < -0.4 is 20.0 Å². The van der Waals surface area contributed by atoms with Crippen LogP contribution in [0.5, 0.6) is 23.0 Å². The topological polar surface area (TPSA) is 66.1 Å². The van der Waals surface area contributed by atoms with E-state index in [1.807, 2.05) is 79.7 Å². The smallest absolute Gasteiger partial charge is 0.166 e. The number of nitrogens with zero attached hydrogens (tertiary/aromatic N) is 1. The van der Waals surface area contributed by atoms with E-state index < -0.39 is 5.60 Å². The van der Waals surface area contributed by atoms with Gasteiger partial charge >= 0.3 is 0 Å². The maximum atomic E-state index is 6.58. The second-order valence-corrected chi connectivity index (χ2v) is 8.17. The lowest BCUT2D eigenvalue weighted by Crippen LogP contribution is -2.40. The predicted molar refractivity (Wildman–Crippen MR) is 121 cm³/mol. The number of fused-ring (bicyclic) bond motifs is 2. The van der Waals surface area contributed by atoms with Crippen LogP contribution in [0.25, 0.3) is 0 Å². The van der Waals surface area contributed by atoms with Gasteiger partial charge < -0.3 is 20.0 Å². The summed E-state index contributed by atoms with van der Waals surface area (Å²) in [6.45, 7) is 1.98. The minimum Gasteiger partial charge on any atom is -0.481 e. The van der Waals surface area contributed by atoms with E-state index in [2.05, 4.69) is 5.16 Å². The molecule has 5 heteroatoms. The molecule has 1 aliphatic carbocycles. The lowest BCUT2D eigenvalue weighted by molar-refractivity contribution is 0.143. The lowest BCUT2D eigenvalue weighted by atomic mass is 9.94. The number of para-hydroxylation sites is 2. The van der Waals surface area contributed by atoms with Crippen molar-refractivity contribution in [3.63, 3.8) is 0 Å². The molecule has 1 aliphatic heterocycles. The van der Waals surface area contributed by atoms with Crippen molar-refractivity contribution >= 4 is 5.71 Å². The van der Waals surface area contributed by atoms with Crippen LogP contribution in [0, 0.1) is 0 Å². The highest BCUT2D eigenvalue weighted by Crippen LogP contribution is 2.45. The number of hydrogen-bond donors (Lipinski definition) is 1. The summed E-state index contributed by atoms with van der Waals surface area (Å²) in [6, 6.07) is 23.1. The van der Waals surface area contributed by atoms with Gasteiger partial charge in [0.15, 0.2) is 5.75 Å². The van der Waals surface area contributed by atoms with Crippen LogP contribution in [0.2, 0.25) is 0 Å². The van der Waals surface area contributed by atoms with Crippen LogP contribution in [-0.2, 0) is 0 Å². The Balaban J connectivity index is 1.43. The van der Waals surface area contributed by atoms with Crippen LogP contribution in [-0.4, -0.2) is 11.3 Å². The van der Waals surface area contributed by atoms with Crippen LogP contribution in [0.3, 0.4) is 0 Å². The number of nitrogens with two attached hydrogens (primary N) is 1. The van der Waals surface area contributed by atoms with Gasteiger partial charge in [0.25, 0.3) is 0 Å². The van der Waals surface area contributed by atoms with Crippen molar-refractivity contribution in [2.45, 2.75) is 44.2 Å². The summed E-state index contributed by atoms with van der Waals surface area (Å²) in [5.41, 5.74) is 8.71. The van der Waals surface area contributed by atoms with E-state index in [0.717, 1.165) is 54.0 Å². The zero-order valence-corrected chi connectivity index (χ0v) is 17.6. The monoisotopic (exact) mass is 414 g/mol. The van der Waals surface area contributed by atoms with Crippen molar-refractivity contribution < 1.29 is 14.3 Å². The molecule has 1 unspecified atom stereocenters. The second-order valence-electron chi connectivity index (χ2n) is 8.17. The summed E-state index contributed by atoms with van der Waals surface area (Å²) in [4.78, 5) is 5.97. The third-order valence-corrected chi connectivity index (χ3v) is 6.22. The molecule has 1 saturated carbocycles.